The summed E-state index contributed by atoms with van der Waals surface area (Å²) in [5.41, 5.74) is 7.80. The third-order valence-corrected chi connectivity index (χ3v) is 2.69. The van der Waals surface area contributed by atoms with Crippen molar-refractivity contribution < 1.29 is 4.42 Å². The van der Waals surface area contributed by atoms with Crippen molar-refractivity contribution >= 4 is 21.9 Å². The molecule has 4 heteroatoms. The molecule has 1 aromatic carbocycles. The van der Waals surface area contributed by atoms with Gasteiger partial charge >= 0.3 is 0 Å². The van der Waals surface area contributed by atoms with Gasteiger partial charge < -0.3 is 10.2 Å². The van der Waals surface area contributed by atoms with E-state index in [0.717, 1.165) is 21.9 Å². The second-order valence-electron chi connectivity index (χ2n) is 4.14. The van der Waals surface area contributed by atoms with E-state index in [1.807, 2.05) is 36.0 Å². The fourth-order valence-corrected chi connectivity index (χ4v) is 2.04. The molecule has 4 nitrogen and oxygen atoms in total. The van der Waals surface area contributed by atoms with Crippen LogP contribution < -0.4 is 5.73 Å². The molecule has 2 aromatic heterocycles. The van der Waals surface area contributed by atoms with Crippen LogP contribution in [0.15, 0.2) is 35.1 Å². The number of fused-ring (bicyclic) bond motifs is 3. The van der Waals surface area contributed by atoms with E-state index in [1.54, 1.807) is 6.26 Å². The predicted octanol–water partition coefficient (Wildman–Crippen LogP) is 2.13. The molecule has 0 aliphatic heterocycles. The lowest BCUT2D eigenvalue weighted by Gasteiger charge is -2.06. The lowest BCUT2D eigenvalue weighted by Crippen LogP contribution is -2.22. The SMILES string of the molecule is CC(N)Cn1ncc2ccc3occc3c21. The first-order valence-corrected chi connectivity index (χ1v) is 5.33. The number of hydrogen-bond donors (Lipinski definition) is 1. The molecule has 2 heterocycles. The zero-order valence-corrected chi connectivity index (χ0v) is 9.05. The summed E-state index contributed by atoms with van der Waals surface area (Å²) < 4.78 is 7.33. The normalized spacial score (nSPS) is 13.6. The number of furan rings is 1. The highest BCUT2D eigenvalue weighted by atomic mass is 16.3. The van der Waals surface area contributed by atoms with Crippen molar-refractivity contribution in [1.82, 2.24) is 9.78 Å². The van der Waals surface area contributed by atoms with Crippen LogP contribution in [0.25, 0.3) is 21.9 Å². The molecule has 0 aliphatic carbocycles. The first-order valence-electron chi connectivity index (χ1n) is 5.33. The largest absolute Gasteiger partial charge is 0.464 e. The third kappa shape index (κ3) is 1.31. The highest BCUT2D eigenvalue weighted by molar-refractivity contribution is 6.03. The zero-order chi connectivity index (χ0) is 11.1. The van der Waals surface area contributed by atoms with Crippen LogP contribution >= 0.6 is 0 Å². The molecular weight excluding hydrogens is 202 g/mol. The Bertz CT molecular complexity index is 636. The molecule has 0 saturated heterocycles. The second-order valence-corrected chi connectivity index (χ2v) is 4.14. The van der Waals surface area contributed by atoms with Gasteiger partial charge in [-0.25, -0.2) is 0 Å². The molecule has 0 radical (unpaired) electrons. The van der Waals surface area contributed by atoms with E-state index in [9.17, 15) is 0 Å². The van der Waals surface area contributed by atoms with Crippen LogP contribution in [-0.4, -0.2) is 15.8 Å². The molecular formula is C12H13N3O. The zero-order valence-electron chi connectivity index (χ0n) is 9.05. The monoisotopic (exact) mass is 215 g/mol. The third-order valence-electron chi connectivity index (χ3n) is 2.69. The predicted molar refractivity (Wildman–Crippen MR) is 63.2 cm³/mol. The minimum absolute atomic E-state index is 0.0882. The Hall–Kier alpha value is -1.81. The smallest absolute Gasteiger partial charge is 0.136 e. The van der Waals surface area contributed by atoms with Crippen LogP contribution in [0.2, 0.25) is 0 Å². The quantitative estimate of drug-likeness (QED) is 0.712. The molecule has 0 fully saturated rings. The molecule has 16 heavy (non-hydrogen) atoms. The Morgan fingerprint density at radius 2 is 2.31 bits per heavy atom. The topological polar surface area (TPSA) is 57.0 Å². The van der Waals surface area contributed by atoms with E-state index < -0.39 is 0 Å². The minimum atomic E-state index is 0.0882. The lowest BCUT2D eigenvalue weighted by atomic mass is 10.2. The molecule has 0 aliphatic rings. The fourth-order valence-electron chi connectivity index (χ4n) is 2.04. The van der Waals surface area contributed by atoms with Crippen molar-refractivity contribution in [3.05, 3.63) is 30.7 Å². The van der Waals surface area contributed by atoms with Gasteiger partial charge in [-0.2, -0.15) is 5.10 Å². The highest BCUT2D eigenvalue weighted by Gasteiger charge is 2.09. The fraction of sp³-hybridized carbons (Fsp3) is 0.250. The average molecular weight is 215 g/mol. The first-order chi connectivity index (χ1) is 7.75. The van der Waals surface area contributed by atoms with Crippen molar-refractivity contribution in [1.29, 1.82) is 0 Å². The summed E-state index contributed by atoms with van der Waals surface area (Å²) in [6, 6.07) is 6.04. The van der Waals surface area contributed by atoms with Crippen LogP contribution in [-0.2, 0) is 6.54 Å². The van der Waals surface area contributed by atoms with Crippen molar-refractivity contribution in [3.8, 4) is 0 Å². The summed E-state index contributed by atoms with van der Waals surface area (Å²) in [5.74, 6) is 0. The molecule has 3 rings (SSSR count). The standard InChI is InChI=1S/C12H13N3O/c1-8(13)7-15-12-9(6-14-15)2-3-11-10(12)4-5-16-11/h2-6,8H,7,13H2,1H3. The summed E-state index contributed by atoms with van der Waals surface area (Å²) in [7, 11) is 0. The van der Waals surface area contributed by atoms with Gasteiger partial charge in [0, 0.05) is 16.8 Å². The number of rotatable bonds is 2. The van der Waals surface area contributed by atoms with Gasteiger partial charge in [-0.1, -0.05) is 0 Å². The Kier molecular flexibility index (Phi) is 1.97. The molecule has 1 unspecified atom stereocenters. The summed E-state index contributed by atoms with van der Waals surface area (Å²) in [6.45, 7) is 2.69. The minimum Gasteiger partial charge on any atom is -0.464 e. The van der Waals surface area contributed by atoms with Crippen LogP contribution in [0.3, 0.4) is 0 Å². The van der Waals surface area contributed by atoms with Crippen LogP contribution in [0.1, 0.15) is 6.92 Å². The van der Waals surface area contributed by atoms with Crippen LogP contribution in [0.4, 0.5) is 0 Å². The number of benzene rings is 1. The summed E-state index contributed by atoms with van der Waals surface area (Å²) in [6.07, 6.45) is 3.57. The van der Waals surface area contributed by atoms with E-state index in [0.29, 0.717) is 6.54 Å². The lowest BCUT2D eigenvalue weighted by molar-refractivity contribution is 0.554. The Balaban J connectivity index is 2.32. The summed E-state index contributed by atoms with van der Waals surface area (Å²) in [4.78, 5) is 0. The van der Waals surface area contributed by atoms with Gasteiger partial charge in [0.25, 0.3) is 0 Å². The van der Waals surface area contributed by atoms with Crippen molar-refractivity contribution in [2.45, 2.75) is 19.5 Å². The van der Waals surface area contributed by atoms with Gasteiger partial charge in [0.2, 0.25) is 0 Å². The number of nitrogens with two attached hydrogens (primary N) is 1. The van der Waals surface area contributed by atoms with Crippen molar-refractivity contribution in [2.75, 3.05) is 0 Å². The van der Waals surface area contributed by atoms with Crippen LogP contribution in [0, 0.1) is 0 Å². The van der Waals surface area contributed by atoms with Gasteiger partial charge in [0.05, 0.1) is 24.5 Å². The maximum absolute atomic E-state index is 5.81. The maximum atomic E-state index is 5.81. The number of nitrogens with zero attached hydrogens (tertiary/aromatic N) is 2. The molecule has 0 saturated carbocycles. The van der Waals surface area contributed by atoms with Crippen molar-refractivity contribution in [2.24, 2.45) is 5.73 Å². The molecule has 2 N–H and O–H groups in total. The molecule has 3 aromatic rings. The highest BCUT2D eigenvalue weighted by Crippen LogP contribution is 2.25. The van der Waals surface area contributed by atoms with E-state index in [4.69, 9.17) is 10.2 Å². The van der Waals surface area contributed by atoms with Gasteiger partial charge in [-0.3, -0.25) is 4.68 Å². The molecule has 1 atom stereocenters. The first kappa shape index (κ1) is 9.42. The van der Waals surface area contributed by atoms with Gasteiger partial charge in [0.15, 0.2) is 0 Å². The molecule has 0 amide bonds. The van der Waals surface area contributed by atoms with E-state index >= 15 is 0 Å². The van der Waals surface area contributed by atoms with Gasteiger partial charge in [0.1, 0.15) is 5.58 Å². The second kappa shape index (κ2) is 3.35. The van der Waals surface area contributed by atoms with E-state index in [-0.39, 0.29) is 6.04 Å². The average Bonchev–Trinajstić information content (AvgIpc) is 2.82. The van der Waals surface area contributed by atoms with E-state index in [1.165, 1.54) is 0 Å². The van der Waals surface area contributed by atoms with E-state index in [2.05, 4.69) is 5.10 Å². The Morgan fingerprint density at radius 1 is 1.44 bits per heavy atom. The number of aromatic nitrogens is 2. The molecule has 82 valence electrons. The van der Waals surface area contributed by atoms with Gasteiger partial charge in [-0.15, -0.1) is 0 Å². The van der Waals surface area contributed by atoms with Gasteiger partial charge in [-0.05, 0) is 25.1 Å². The number of hydrogen-bond acceptors (Lipinski definition) is 3. The maximum Gasteiger partial charge on any atom is 0.136 e. The summed E-state index contributed by atoms with van der Waals surface area (Å²) >= 11 is 0. The summed E-state index contributed by atoms with van der Waals surface area (Å²) in [5, 5.41) is 6.57. The van der Waals surface area contributed by atoms with Crippen molar-refractivity contribution in [3.63, 3.8) is 0 Å². The van der Waals surface area contributed by atoms with Crippen LogP contribution in [0.5, 0.6) is 0 Å². The Morgan fingerprint density at radius 3 is 3.12 bits per heavy atom. The molecule has 0 bridgehead atoms. The molecule has 0 spiro atoms. The Labute approximate surface area is 92.6 Å².